The van der Waals surface area contributed by atoms with Crippen LogP contribution in [0.4, 0.5) is 5.82 Å². The minimum absolute atomic E-state index is 0.0244. The van der Waals surface area contributed by atoms with Crippen molar-refractivity contribution in [3.8, 4) is 17.6 Å². The number of nitrogen functional groups attached to an aromatic ring is 1. The molecule has 1 aliphatic rings. The Kier molecular flexibility index (Phi) is 21.1. The number of carbonyl (C=O) groups excluding carboxylic acids is 3. The number of aromatic nitrogens is 2. The highest BCUT2D eigenvalue weighted by Crippen LogP contribution is 2.66. The number of hydrogen-bond acceptors (Lipinski definition) is 20. The molecule has 1 aliphatic heterocycles. The standard InChI is InChI=1S/C37H43N8O23P3/c38-33-22(17-45(37(54)42-33)32-16-28(47)29(66-32)18-65-70(58,59)68-71(60,61)67-69(55,56)57)5-2-8-40-30(48)19-62-10-11-63-31(43-44-39)20-64-26-6-1-4-21(15-26)34(49)41-9-3-7-27(46)23-12-24(35(50)51)14-25(13-23)36(52)53/h1,4,6,12-15,17,28-29,31-32,47H,3,7-11,16,18-20H2,(H,40,48)(H,41,49)(H,50,51)(H,52,53)(H,58,59)(H,60,61)(H2,38,42,54)(H2,55,56,57)/t28-,29+,31?,32+/m0/s1. The van der Waals surface area contributed by atoms with E-state index in [1.165, 1.54) is 24.3 Å². The second-order valence-corrected chi connectivity index (χ2v) is 18.7. The molecule has 1 saturated heterocycles. The van der Waals surface area contributed by atoms with Crippen molar-refractivity contribution in [1.82, 2.24) is 20.2 Å². The second kappa shape index (κ2) is 26.2. The Morgan fingerprint density at radius 2 is 1.66 bits per heavy atom. The van der Waals surface area contributed by atoms with E-state index < -0.39 is 96.6 Å². The van der Waals surface area contributed by atoms with Gasteiger partial charge < -0.3 is 70.2 Å². The number of phosphoric acid groups is 3. The SMILES string of the molecule is [N-]=[N+]=NC(COc1cccc(C(=O)NCCCC(=O)c2cc(C(=O)O)cc(C(=O)O)c2)c1)OCCOCC(=O)NCC#Cc1cn([C@H]2C[C@H](O)[C@@H](COP(=O)(O)OP(=O)(O)OP(=O)(O)O)O2)c(=O)nc1N. The van der Waals surface area contributed by atoms with Gasteiger partial charge in [-0.25, -0.2) is 28.1 Å². The number of rotatable bonds is 27. The summed E-state index contributed by atoms with van der Waals surface area (Å²) in [5.74, 6) is 0.623. The average Bonchev–Trinajstić information content (AvgIpc) is 3.66. The summed E-state index contributed by atoms with van der Waals surface area (Å²) in [7, 11) is -17.0. The van der Waals surface area contributed by atoms with Crippen molar-refractivity contribution in [2.24, 2.45) is 5.11 Å². The fraction of sp³-hybridized carbons (Fsp3) is 0.378. The molecule has 0 spiro atoms. The predicted octanol–water partition coefficient (Wildman–Crippen LogP) is 0.823. The zero-order valence-corrected chi connectivity index (χ0v) is 39.0. The summed E-state index contributed by atoms with van der Waals surface area (Å²) in [6.45, 7) is -2.24. The minimum Gasteiger partial charge on any atom is -0.491 e. The molecule has 0 bridgehead atoms. The lowest BCUT2D eigenvalue weighted by Gasteiger charge is -2.19. The first kappa shape index (κ1) is 57.2. The van der Waals surface area contributed by atoms with Crippen molar-refractivity contribution in [2.45, 2.75) is 43.9 Å². The number of benzene rings is 2. The van der Waals surface area contributed by atoms with Crippen LogP contribution in [0, 0.1) is 11.8 Å². The molecule has 31 nitrogen and oxygen atoms in total. The minimum atomic E-state index is -5.80. The zero-order valence-electron chi connectivity index (χ0n) is 36.3. The van der Waals surface area contributed by atoms with Crippen molar-refractivity contribution in [3.63, 3.8) is 0 Å². The van der Waals surface area contributed by atoms with Crippen LogP contribution in [0.2, 0.25) is 0 Å². The molecule has 34 heteroatoms. The largest absolute Gasteiger partial charge is 0.491 e. The summed E-state index contributed by atoms with van der Waals surface area (Å²) < 4.78 is 68.9. The summed E-state index contributed by atoms with van der Waals surface area (Å²) in [4.78, 5) is 116. The first-order valence-electron chi connectivity index (χ1n) is 20.0. The van der Waals surface area contributed by atoms with Gasteiger partial charge >= 0.3 is 41.1 Å². The Labute approximate surface area is 398 Å². The number of nitrogens with zero attached hydrogens (tertiary/aromatic N) is 5. The van der Waals surface area contributed by atoms with Gasteiger partial charge in [0.2, 0.25) is 5.91 Å². The number of ether oxygens (including phenoxy) is 4. The third kappa shape index (κ3) is 19.4. The van der Waals surface area contributed by atoms with Crippen LogP contribution in [-0.2, 0) is 45.8 Å². The number of aliphatic hydroxyl groups excluding tert-OH is 1. The Balaban J connectivity index is 1.16. The molecule has 0 radical (unpaired) electrons. The van der Waals surface area contributed by atoms with E-state index in [1.54, 1.807) is 0 Å². The van der Waals surface area contributed by atoms with Crippen LogP contribution in [0.25, 0.3) is 10.4 Å². The van der Waals surface area contributed by atoms with E-state index in [0.717, 1.165) is 29.0 Å². The lowest BCUT2D eigenvalue weighted by Crippen LogP contribution is -2.29. The molecule has 2 heterocycles. The Bertz CT molecular complexity index is 2760. The monoisotopic (exact) mass is 1060 g/mol. The predicted molar refractivity (Wildman–Crippen MR) is 235 cm³/mol. The van der Waals surface area contributed by atoms with Gasteiger partial charge in [-0.05, 0) is 48.4 Å². The molecular weight excluding hydrogens is 1020 g/mol. The van der Waals surface area contributed by atoms with E-state index in [1.807, 2.05) is 0 Å². The van der Waals surface area contributed by atoms with Gasteiger partial charge in [-0.15, -0.1) is 0 Å². The molecule has 2 aromatic carbocycles. The number of amides is 2. The summed E-state index contributed by atoms with van der Waals surface area (Å²) in [6, 6.07) is 9.00. The van der Waals surface area contributed by atoms with Gasteiger partial charge in [0.05, 0.1) is 49.2 Å². The van der Waals surface area contributed by atoms with Crippen molar-refractivity contribution >= 4 is 58.8 Å². The molecular formula is C37H43N8O23P3. The summed E-state index contributed by atoms with van der Waals surface area (Å²) in [6.07, 6.45) is -4.53. The van der Waals surface area contributed by atoms with Crippen molar-refractivity contribution in [1.29, 1.82) is 0 Å². The Morgan fingerprint density at radius 1 is 0.972 bits per heavy atom. The number of azide groups is 1. The van der Waals surface area contributed by atoms with Crippen LogP contribution >= 0.6 is 23.5 Å². The molecule has 1 fully saturated rings. The number of nitrogens with two attached hydrogens (primary N) is 1. The van der Waals surface area contributed by atoms with Gasteiger partial charge in [-0.3, -0.25) is 23.5 Å². The van der Waals surface area contributed by atoms with Gasteiger partial charge in [0.15, 0.2) is 12.0 Å². The van der Waals surface area contributed by atoms with E-state index in [0.29, 0.717) is 0 Å². The molecule has 11 N–H and O–H groups in total. The smallest absolute Gasteiger partial charge is 0.490 e. The number of aromatic carboxylic acids is 2. The van der Waals surface area contributed by atoms with Crippen LogP contribution in [0.3, 0.4) is 0 Å². The van der Waals surface area contributed by atoms with Crippen LogP contribution < -0.4 is 26.8 Å². The Morgan fingerprint density at radius 3 is 2.32 bits per heavy atom. The van der Waals surface area contributed by atoms with Gasteiger partial charge in [-0.2, -0.15) is 13.6 Å². The molecule has 4 rings (SSSR count). The number of carboxylic acid groups (broad SMARTS) is 2. The lowest BCUT2D eigenvalue weighted by atomic mass is 10.0. The van der Waals surface area contributed by atoms with Crippen LogP contribution in [0.5, 0.6) is 5.75 Å². The number of nitrogens with one attached hydrogen (secondary N) is 2. The van der Waals surface area contributed by atoms with Crippen LogP contribution in [0.15, 0.2) is 58.6 Å². The number of hydrogen-bond donors (Lipinski definition) is 10. The fourth-order valence-electron chi connectivity index (χ4n) is 5.83. The molecule has 1 aromatic heterocycles. The van der Waals surface area contributed by atoms with Crippen LogP contribution in [0.1, 0.15) is 72.5 Å². The number of aliphatic hydroxyl groups is 1. The molecule has 384 valence electrons. The molecule has 2 amide bonds. The van der Waals surface area contributed by atoms with Crippen LogP contribution in [-0.4, -0.2) is 139 Å². The molecule has 3 unspecified atom stereocenters. The van der Waals surface area contributed by atoms with Crippen molar-refractivity contribution in [3.05, 3.63) is 97.4 Å². The quantitative estimate of drug-likeness (QED) is 0.00961. The lowest BCUT2D eigenvalue weighted by molar-refractivity contribution is -0.126. The first-order chi connectivity index (χ1) is 33.3. The summed E-state index contributed by atoms with van der Waals surface area (Å²) >= 11 is 0. The summed E-state index contributed by atoms with van der Waals surface area (Å²) in [5, 5.41) is 37.4. The van der Waals surface area contributed by atoms with E-state index >= 15 is 0 Å². The van der Waals surface area contributed by atoms with Gasteiger partial charge in [-0.1, -0.05) is 23.0 Å². The van der Waals surface area contributed by atoms with Gasteiger partial charge in [0.25, 0.3) is 5.91 Å². The van der Waals surface area contributed by atoms with Gasteiger partial charge in [0, 0.05) is 41.6 Å². The maximum Gasteiger partial charge on any atom is 0.490 e. The highest BCUT2D eigenvalue weighted by Gasteiger charge is 2.43. The maximum atomic E-state index is 12.8. The van der Waals surface area contributed by atoms with E-state index in [4.69, 9.17) is 40.0 Å². The third-order valence-corrected chi connectivity index (χ3v) is 12.8. The highest BCUT2D eigenvalue weighted by molar-refractivity contribution is 7.66. The zero-order chi connectivity index (χ0) is 52.5. The molecule has 6 atom stereocenters. The number of ketones is 1. The number of anilines is 1. The number of carboxylic acids is 2. The van der Waals surface area contributed by atoms with Crippen molar-refractivity contribution < 1.29 is 105 Å². The fourth-order valence-corrected chi connectivity index (χ4v) is 8.86. The molecule has 0 aliphatic carbocycles. The molecule has 0 saturated carbocycles. The van der Waals surface area contributed by atoms with Gasteiger partial charge in [0.1, 0.15) is 37.1 Å². The molecule has 71 heavy (non-hydrogen) atoms. The van der Waals surface area contributed by atoms with Crippen molar-refractivity contribution in [2.75, 3.05) is 51.9 Å². The average molecular weight is 1060 g/mol. The third-order valence-electron chi connectivity index (χ3n) is 8.97. The maximum absolute atomic E-state index is 12.8. The Hall–Kier alpha value is -6.41. The van der Waals surface area contributed by atoms with E-state index in [2.05, 4.69) is 50.6 Å². The topological polar surface area (TPSA) is 477 Å². The van der Waals surface area contributed by atoms with E-state index in [9.17, 15) is 67.6 Å². The number of carbonyl (C=O) groups is 5. The first-order valence-corrected chi connectivity index (χ1v) is 24.5. The number of phosphoric ester groups is 1. The normalized spacial score (nSPS) is 17.5. The number of Topliss-reactive ketones (excluding diaryl/α,β-unsaturated/α-hetero) is 1. The molecule has 3 aromatic rings. The van der Waals surface area contributed by atoms with E-state index in [-0.39, 0.29) is 91.6 Å². The second-order valence-electron chi connectivity index (χ2n) is 14.2. The highest BCUT2D eigenvalue weighted by atomic mass is 31.3. The summed E-state index contributed by atoms with van der Waals surface area (Å²) in [5.41, 5.74) is 13.2.